The van der Waals surface area contributed by atoms with Crippen LogP contribution in [0, 0.1) is 0 Å². The molecule has 1 aliphatic heterocycles. The molecule has 3 N–H and O–H groups in total. The Bertz CT molecular complexity index is 309. The largest absolute Gasteiger partial charge is 0.394 e. The quantitative estimate of drug-likeness (QED) is 0.722. The van der Waals surface area contributed by atoms with Gasteiger partial charge in [0.1, 0.15) is 0 Å². The van der Waals surface area contributed by atoms with Gasteiger partial charge in [-0.05, 0) is 24.9 Å². The van der Waals surface area contributed by atoms with E-state index in [0.717, 1.165) is 18.7 Å². The number of hydrogen-bond acceptors (Lipinski definition) is 3. The van der Waals surface area contributed by atoms with Crippen molar-refractivity contribution in [3.63, 3.8) is 0 Å². The first-order chi connectivity index (χ1) is 8.40. The third-order valence-corrected chi connectivity index (χ3v) is 3.41. The van der Waals surface area contributed by atoms with Crippen molar-refractivity contribution >= 4 is 0 Å². The van der Waals surface area contributed by atoms with Gasteiger partial charge in [-0.15, -0.1) is 0 Å². The summed E-state index contributed by atoms with van der Waals surface area (Å²) in [6, 6.07) is 10.8. The Morgan fingerprint density at radius 3 is 2.76 bits per heavy atom. The average molecular weight is 234 g/mol. The molecular formula is C14H22N2O. The van der Waals surface area contributed by atoms with Crippen LogP contribution < -0.4 is 10.6 Å². The minimum absolute atomic E-state index is 0.0555. The van der Waals surface area contributed by atoms with Crippen LogP contribution in [0.1, 0.15) is 30.9 Å². The SMILES string of the molecule is OCC(NCC1CCCCN1)c1ccccc1. The highest BCUT2D eigenvalue weighted by Gasteiger charge is 2.15. The number of rotatable bonds is 5. The van der Waals surface area contributed by atoms with Crippen molar-refractivity contribution in [3.8, 4) is 0 Å². The minimum Gasteiger partial charge on any atom is -0.394 e. The summed E-state index contributed by atoms with van der Waals surface area (Å²) in [7, 11) is 0. The van der Waals surface area contributed by atoms with Gasteiger partial charge in [-0.25, -0.2) is 0 Å². The molecule has 1 aliphatic rings. The summed E-state index contributed by atoms with van der Waals surface area (Å²) in [6.45, 7) is 2.21. The zero-order chi connectivity index (χ0) is 11.9. The first kappa shape index (κ1) is 12.6. The highest BCUT2D eigenvalue weighted by Crippen LogP contribution is 2.12. The first-order valence-corrected chi connectivity index (χ1v) is 6.52. The second-order valence-electron chi connectivity index (χ2n) is 4.70. The molecule has 0 saturated carbocycles. The van der Waals surface area contributed by atoms with Gasteiger partial charge in [0.25, 0.3) is 0 Å². The van der Waals surface area contributed by atoms with Gasteiger partial charge in [-0.2, -0.15) is 0 Å². The maximum Gasteiger partial charge on any atom is 0.0626 e. The Kier molecular flexibility index (Phi) is 4.98. The fourth-order valence-corrected chi connectivity index (χ4v) is 2.36. The van der Waals surface area contributed by atoms with Crippen molar-refractivity contribution in [1.29, 1.82) is 0 Å². The molecule has 0 aliphatic carbocycles. The lowest BCUT2D eigenvalue weighted by Crippen LogP contribution is -2.43. The van der Waals surface area contributed by atoms with E-state index in [1.165, 1.54) is 19.3 Å². The number of aliphatic hydroxyl groups is 1. The number of nitrogens with one attached hydrogen (secondary N) is 2. The van der Waals surface area contributed by atoms with E-state index in [0.29, 0.717) is 6.04 Å². The standard InChI is InChI=1S/C14H22N2O/c17-11-14(12-6-2-1-3-7-12)16-10-13-8-4-5-9-15-13/h1-3,6-7,13-17H,4-5,8-11H2. The summed E-state index contributed by atoms with van der Waals surface area (Å²) >= 11 is 0. The number of piperidine rings is 1. The van der Waals surface area contributed by atoms with E-state index in [2.05, 4.69) is 22.8 Å². The zero-order valence-electron chi connectivity index (χ0n) is 10.2. The average Bonchev–Trinajstić information content (AvgIpc) is 2.42. The molecule has 0 bridgehead atoms. The van der Waals surface area contributed by atoms with Crippen LogP contribution in [-0.2, 0) is 0 Å². The third kappa shape index (κ3) is 3.80. The van der Waals surface area contributed by atoms with Gasteiger partial charge >= 0.3 is 0 Å². The molecular weight excluding hydrogens is 212 g/mol. The maximum absolute atomic E-state index is 9.43. The molecule has 1 aromatic rings. The van der Waals surface area contributed by atoms with Crippen molar-refractivity contribution in [2.45, 2.75) is 31.3 Å². The first-order valence-electron chi connectivity index (χ1n) is 6.52. The van der Waals surface area contributed by atoms with Crippen LogP contribution in [-0.4, -0.2) is 30.8 Å². The van der Waals surface area contributed by atoms with Crippen LogP contribution in [0.15, 0.2) is 30.3 Å². The summed E-state index contributed by atoms with van der Waals surface area (Å²) < 4.78 is 0. The van der Waals surface area contributed by atoms with Gasteiger partial charge in [0.15, 0.2) is 0 Å². The summed E-state index contributed by atoms with van der Waals surface area (Å²) in [4.78, 5) is 0. The molecule has 0 aromatic heterocycles. The summed E-state index contributed by atoms with van der Waals surface area (Å²) in [5.74, 6) is 0. The van der Waals surface area contributed by atoms with E-state index in [1.54, 1.807) is 0 Å². The third-order valence-electron chi connectivity index (χ3n) is 3.41. The van der Waals surface area contributed by atoms with Gasteiger partial charge in [0.05, 0.1) is 12.6 Å². The molecule has 0 spiro atoms. The van der Waals surface area contributed by atoms with Crippen molar-refractivity contribution in [2.75, 3.05) is 19.7 Å². The molecule has 1 aromatic carbocycles. The molecule has 2 rings (SSSR count). The number of aliphatic hydroxyl groups excluding tert-OH is 1. The molecule has 2 atom stereocenters. The minimum atomic E-state index is 0.0555. The van der Waals surface area contributed by atoms with Crippen LogP contribution in [0.3, 0.4) is 0 Å². The smallest absolute Gasteiger partial charge is 0.0626 e. The predicted molar refractivity (Wildman–Crippen MR) is 69.9 cm³/mol. The van der Waals surface area contributed by atoms with Gasteiger partial charge in [0.2, 0.25) is 0 Å². The van der Waals surface area contributed by atoms with E-state index in [-0.39, 0.29) is 12.6 Å². The lowest BCUT2D eigenvalue weighted by molar-refractivity contribution is 0.237. The van der Waals surface area contributed by atoms with Crippen molar-refractivity contribution in [2.24, 2.45) is 0 Å². The molecule has 1 fully saturated rings. The monoisotopic (exact) mass is 234 g/mol. The van der Waals surface area contributed by atoms with E-state index >= 15 is 0 Å². The molecule has 17 heavy (non-hydrogen) atoms. The van der Waals surface area contributed by atoms with E-state index < -0.39 is 0 Å². The van der Waals surface area contributed by atoms with Crippen LogP contribution in [0.2, 0.25) is 0 Å². The Morgan fingerprint density at radius 2 is 2.12 bits per heavy atom. The van der Waals surface area contributed by atoms with Crippen molar-refractivity contribution < 1.29 is 5.11 Å². The molecule has 0 amide bonds. The van der Waals surface area contributed by atoms with E-state index in [1.807, 2.05) is 18.2 Å². The maximum atomic E-state index is 9.43. The lowest BCUT2D eigenvalue weighted by Gasteiger charge is -2.26. The second kappa shape index (κ2) is 6.74. The van der Waals surface area contributed by atoms with Crippen LogP contribution in [0.25, 0.3) is 0 Å². The van der Waals surface area contributed by atoms with Crippen molar-refractivity contribution in [1.82, 2.24) is 10.6 Å². The molecule has 3 nitrogen and oxygen atoms in total. The number of benzene rings is 1. The Labute approximate surface area is 103 Å². The Morgan fingerprint density at radius 1 is 1.29 bits per heavy atom. The molecule has 0 radical (unpaired) electrons. The summed E-state index contributed by atoms with van der Waals surface area (Å²) in [5.41, 5.74) is 1.16. The topological polar surface area (TPSA) is 44.3 Å². The van der Waals surface area contributed by atoms with Gasteiger partial charge < -0.3 is 15.7 Å². The van der Waals surface area contributed by atoms with Gasteiger partial charge in [0, 0.05) is 12.6 Å². The molecule has 1 heterocycles. The Hall–Kier alpha value is -0.900. The van der Waals surface area contributed by atoms with E-state index in [9.17, 15) is 5.11 Å². The van der Waals surface area contributed by atoms with E-state index in [4.69, 9.17) is 0 Å². The van der Waals surface area contributed by atoms with Crippen molar-refractivity contribution in [3.05, 3.63) is 35.9 Å². The molecule has 2 unspecified atom stereocenters. The predicted octanol–water partition coefficient (Wildman–Crippen LogP) is 1.45. The van der Waals surface area contributed by atoms with Crippen LogP contribution >= 0.6 is 0 Å². The normalized spacial score (nSPS) is 22.3. The highest BCUT2D eigenvalue weighted by molar-refractivity contribution is 5.18. The molecule has 3 heteroatoms. The summed E-state index contributed by atoms with van der Waals surface area (Å²) in [6.07, 6.45) is 3.84. The molecule has 1 saturated heterocycles. The van der Waals surface area contributed by atoms with Gasteiger partial charge in [-0.1, -0.05) is 36.8 Å². The highest BCUT2D eigenvalue weighted by atomic mass is 16.3. The lowest BCUT2D eigenvalue weighted by atomic mass is 10.0. The van der Waals surface area contributed by atoms with Crippen LogP contribution in [0.5, 0.6) is 0 Å². The Balaban J connectivity index is 1.83. The van der Waals surface area contributed by atoms with Gasteiger partial charge in [-0.3, -0.25) is 0 Å². The second-order valence-corrected chi connectivity index (χ2v) is 4.70. The number of hydrogen-bond donors (Lipinski definition) is 3. The van der Waals surface area contributed by atoms with Crippen LogP contribution in [0.4, 0.5) is 0 Å². The fraction of sp³-hybridized carbons (Fsp3) is 0.571. The molecule has 94 valence electrons. The summed E-state index contributed by atoms with van der Waals surface area (Å²) in [5, 5.41) is 16.4. The zero-order valence-corrected chi connectivity index (χ0v) is 10.2. The fourth-order valence-electron chi connectivity index (χ4n) is 2.36.